The van der Waals surface area contributed by atoms with Gasteiger partial charge in [-0.3, -0.25) is 0 Å². The number of benzene rings is 9. The Labute approximate surface area is 328 Å². The van der Waals surface area contributed by atoms with Crippen LogP contribution >= 0.6 is 0 Å². The number of hydrogen-bond acceptors (Lipinski definition) is 4. The summed E-state index contributed by atoms with van der Waals surface area (Å²) in [6.45, 7) is 0. The summed E-state index contributed by atoms with van der Waals surface area (Å²) in [6.07, 6.45) is 6.57. The van der Waals surface area contributed by atoms with Crippen LogP contribution in [-0.2, 0) is 6.42 Å². The van der Waals surface area contributed by atoms with Crippen molar-refractivity contribution in [3.63, 3.8) is 0 Å². The van der Waals surface area contributed by atoms with E-state index in [2.05, 4.69) is 164 Å². The van der Waals surface area contributed by atoms with Gasteiger partial charge in [-0.1, -0.05) is 146 Å². The molecule has 2 heterocycles. The Morgan fingerprint density at radius 1 is 0.404 bits per heavy atom. The van der Waals surface area contributed by atoms with Gasteiger partial charge in [-0.15, -0.1) is 0 Å². The molecule has 266 valence electrons. The van der Waals surface area contributed by atoms with E-state index in [4.69, 9.17) is 19.4 Å². The van der Waals surface area contributed by atoms with Crippen LogP contribution in [0.3, 0.4) is 0 Å². The minimum absolute atomic E-state index is 0.600. The van der Waals surface area contributed by atoms with Crippen LogP contribution in [0.15, 0.2) is 174 Å². The van der Waals surface area contributed by atoms with Gasteiger partial charge in [0.1, 0.15) is 11.2 Å². The molecule has 0 radical (unpaired) electrons. The zero-order valence-electron chi connectivity index (χ0n) is 30.9. The molecule has 0 atom stereocenters. The maximum Gasteiger partial charge on any atom is 0.164 e. The van der Waals surface area contributed by atoms with Crippen LogP contribution in [-0.4, -0.2) is 15.0 Å². The lowest BCUT2D eigenvalue weighted by atomic mass is 9.89. The summed E-state index contributed by atoms with van der Waals surface area (Å²) < 4.78 is 6.67. The lowest BCUT2D eigenvalue weighted by molar-refractivity contribution is 0.669. The maximum atomic E-state index is 6.67. The molecule has 2 aromatic heterocycles. The molecule has 11 aromatic rings. The zero-order valence-corrected chi connectivity index (χ0v) is 30.9. The standard InChI is InChI=1S/C53H33N3O/c1-4-18-36-32(14-1)17-13-26-39(36)35-30-47(50-44-25-11-12-27-48(44)57-49(50)31-35)53-55-51(45-28-33-15-2-5-19-37(33)40-21-7-9-23-42(40)45)54-52(56-53)46-29-34-16-3-6-20-38(34)41-22-8-10-24-43(41)46/h1-5,7-19,21-31H,6,20H2. The third-order valence-corrected chi connectivity index (χ3v) is 11.8. The van der Waals surface area contributed by atoms with Gasteiger partial charge >= 0.3 is 0 Å². The summed E-state index contributed by atoms with van der Waals surface area (Å²) in [5.74, 6) is 1.87. The van der Waals surface area contributed by atoms with Crippen molar-refractivity contribution in [2.45, 2.75) is 12.8 Å². The second-order valence-electron chi connectivity index (χ2n) is 15.0. The van der Waals surface area contributed by atoms with Crippen LogP contribution < -0.4 is 0 Å². The highest BCUT2D eigenvalue weighted by molar-refractivity contribution is 6.15. The van der Waals surface area contributed by atoms with Gasteiger partial charge in [0.05, 0.1) is 0 Å². The number of rotatable bonds is 4. The van der Waals surface area contributed by atoms with Crippen molar-refractivity contribution in [1.82, 2.24) is 15.0 Å². The molecule has 57 heavy (non-hydrogen) atoms. The van der Waals surface area contributed by atoms with Crippen molar-refractivity contribution in [3.05, 3.63) is 181 Å². The number of furan rings is 1. The molecule has 0 N–H and O–H groups in total. The lowest BCUT2D eigenvalue weighted by Crippen LogP contribution is -2.03. The molecule has 0 amide bonds. The summed E-state index contributed by atoms with van der Waals surface area (Å²) in [4.78, 5) is 16.4. The SMILES string of the molecule is C1=Cc2cc(-c3nc(-c4cc5ccccc5c5ccccc45)nc(-c4cc(-c5cccc6ccccc56)cc5oc6ccccc6c45)n3)c3ccccc3c2CC1. The number of aromatic nitrogens is 3. The van der Waals surface area contributed by atoms with Crippen LogP contribution in [0.1, 0.15) is 17.5 Å². The molecule has 9 aromatic carbocycles. The Kier molecular flexibility index (Phi) is 7.02. The van der Waals surface area contributed by atoms with Gasteiger partial charge in [-0.05, 0) is 109 Å². The molecular weight excluding hydrogens is 695 g/mol. The first-order valence-corrected chi connectivity index (χ1v) is 19.6. The van der Waals surface area contributed by atoms with E-state index in [9.17, 15) is 0 Å². The minimum Gasteiger partial charge on any atom is -0.456 e. The van der Waals surface area contributed by atoms with Crippen molar-refractivity contribution < 1.29 is 4.42 Å². The molecule has 4 nitrogen and oxygen atoms in total. The Morgan fingerprint density at radius 3 is 1.81 bits per heavy atom. The summed E-state index contributed by atoms with van der Waals surface area (Å²) in [5.41, 5.74) is 9.23. The van der Waals surface area contributed by atoms with E-state index in [1.165, 1.54) is 38.1 Å². The number of nitrogens with zero attached hydrogens (tertiary/aromatic N) is 3. The maximum absolute atomic E-state index is 6.67. The average Bonchev–Trinajstić information content (AvgIpc) is 3.66. The van der Waals surface area contributed by atoms with Crippen LogP contribution in [0.5, 0.6) is 0 Å². The number of allylic oxidation sites excluding steroid dienone is 1. The van der Waals surface area contributed by atoms with Gasteiger partial charge in [0, 0.05) is 27.5 Å². The highest BCUT2D eigenvalue weighted by Crippen LogP contribution is 2.43. The normalized spacial score (nSPS) is 12.7. The molecule has 0 saturated carbocycles. The fraction of sp³-hybridized carbons (Fsp3) is 0.0377. The van der Waals surface area contributed by atoms with Crippen LogP contribution in [0, 0.1) is 0 Å². The molecule has 1 aliphatic rings. The largest absolute Gasteiger partial charge is 0.456 e. The van der Waals surface area contributed by atoms with Crippen molar-refractivity contribution in [1.29, 1.82) is 0 Å². The van der Waals surface area contributed by atoms with E-state index in [0.717, 1.165) is 78.8 Å². The Bertz CT molecular complexity index is 3480. The second kappa shape index (κ2) is 12.6. The van der Waals surface area contributed by atoms with E-state index < -0.39 is 0 Å². The summed E-state index contributed by atoms with van der Waals surface area (Å²) in [5, 5.41) is 11.4. The number of aryl methyl sites for hydroxylation is 1. The van der Waals surface area contributed by atoms with E-state index in [-0.39, 0.29) is 0 Å². The van der Waals surface area contributed by atoms with Gasteiger partial charge in [-0.2, -0.15) is 0 Å². The molecule has 12 rings (SSSR count). The molecule has 0 bridgehead atoms. The Morgan fingerprint density at radius 2 is 1.00 bits per heavy atom. The quantitative estimate of drug-likeness (QED) is 0.169. The molecule has 0 spiro atoms. The molecule has 0 unspecified atom stereocenters. The van der Waals surface area contributed by atoms with Gasteiger partial charge in [-0.25, -0.2) is 15.0 Å². The van der Waals surface area contributed by atoms with E-state index in [1.807, 2.05) is 12.1 Å². The molecule has 0 aliphatic heterocycles. The first kappa shape index (κ1) is 31.9. The van der Waals surface area contributed by atoms with Crippen LogP contribution in [0.25, 0.3) is 116 Å². The third-order valence-electron chi connectivity index (χ3n) is 11.8. The predicted molar refractivity (Wildman–Crippen MR) is 236 cm³/mol. The van der Waals surface area contributed by atoms with E-state index >= 15 is 0 Å². The fourth-order valence-electron chi connectivity index (χ4n) is 9.15. The smallest absolute Gasteiger partial charge is 0.164 e. The van der Waals surface area contributed by atoms with E-state index in [0.29, 0.717) is 17.5 Å². The summed E-state index contributed by atoms with van der Waals surface area (Å²) >= 11 is 0. The molecule has 0 fully saturated rings. The average molecular weight is 728 g/mol. The van der Waals surface area contributed by atoms with Crippen LogP contribution in [0.4, 0.5) is 0 Å². The number of hydrogen-bond donors (Lipinski definition) is 0. The second-order valence-corrected chi connectivity index (χ2v) is 15.0. The van der Waals surface area contributed by atoms with Gasteiger partial charge < -0.3 is 4.42 Å². The zero-order chi connectivity index (χ0) is 37.5. The van der Waals surface area contributed by atoms with Crippen molar-refractivity contribution in [2.75, 3.05) is 0 Å². The predicted octanol–water partition coefficient (Wildman–Crippen LogP) is 14.0. The minimum atomic E-state index is 0.600. The molecular formula is C53H33N3O. The fourth-order valence-corrected chi connectivity index (χ4v) is 9.15. The first-order valence-electron chi connectivity index (χ1n) is 19.6. The monoisotopic (exact) mass is 727 g/mol. The van der Waals surface area contributed by atoms with Crippen molar-refractivity contribution in [2.24, 2.45) is 0 Å². The number of para-hydroxylation sites is 1. The van der Waals surface area contributed by atoms with Crippen molar-refractivity contribution in [3.8, 4) is 45.3 Å². The van der Waals surface area contributed by atoms with Crippen molar-refractivity contribution >= 4 is 71.1 Å². The highest BCUT2D eigenvalue weighted by atomic mass is 16.3. The number of fused-ring (bicyclic) bond motifs is 10. The van der Waals surface area contributed by atoms with Gasteiger partial charge in [0.25, 0.3) is 0 Å². The summed E-state index contributed by atoms with van der Waals surface area (Å²) in [7, 11) is 0. The third kappa shape index (κ3) is 5.04. The van der Waals surface area contributed by atoms with Crippen LogP contribution in [0.2, 0.25) is 0 Å². The van der Waals surface area contributed by atoms with Gasteiger partial charge in [0.2, 0.25) is 0 Å². The topological polar surface area (TPSA) is 51.8 Å². The van der Waals surface area contributed by atoms with E-state index in [1.54, 1.807) is 0 Å². The summed E-state index contributed by atoms with van der Waals surface area (Å²) in [6, 6.07) is 58.1. The molecule has 1 aliphatic carbocycles. The lowest BCUT2D eigenvalue weighted by Gasteiger charge is -2.18. The van der Waals surface area contributed by atoms with Gasteiger partial charge in [0.15, 0.2) is 17.5 Å². The Hall–Kier alpha value is -7.43. The highest BCUT2D eigenvalue weighted by Gasteiger charge is 2.23. The molecule has 4 heteroatoms. The Balaban J connectivity index is 1.21. The molecule has 0 saturated heterocycles. The first-order chi connectivity index (χ1) is 28.2.